The summed E-state index contributed by atoms with van der Waals surface area (Å²) < 4.78 is 1.80. The molecule has 1 aromatic carbocycles. The van der Waals surface area contributed by atoms with Gasteiger partial charge in [0.05, 0.1) is 11.9 Å². The number of likely N-dealkylation sites (tertiary alicyclic amines) is 1. The number of nitrogens with one attached hydrogen (secondary N) is 1. The Bertz CT molecular complexity index is 623. The van der Waals surface area contributed by atoms with Crippen LogP contribution in [0.1, 0.15) is 18.9 Å². The van der Waals surface area contributed by atoms with E-state index in [0.717, 1.165) is 38.2 Å². The summed E-state index contributed by atoms with van der Waals surface area (Å²) in [5.41, 5.74) is 2.11. The van der Waals surface area contributed by atoms with Gasteiger partial charge in [-0.05, 0) is 31.2 Å². The molecule has 1 fully saturated rings. The Morgan fingerprint density at radius 2 is 2.18 bits per heavy atom. The van der Waals surface area contributed by atoms with Gasteiger partial charge in [-0.25, -0.2) is 4.79 Å². The Kier molecular flexibility index (Phi) is 4.42. The van der Waals surface area contributed by atoms with Crippen LogP contribution < -0.4 is 5.32 Å². The van der Waals surface area contributed by atoms with E-state index in [1.807, 2.05) is 24.1 Å². The van der Waals surface area contributed by atoms with Gasteiger partial charge in [-0.15, -0.1) is 0 Å². The molecule has 0 radical (unpaired) electrons. The van der Waals surface area contributed by atoms with Crippen molar-refractivity contribution >= 4 is 11.7 Å². The molecule has 0 aliphatic carbocycles. The summed E-state index contributed by atoms with van der Waals surface area (Å²) in [7, 11) is 0. The largest absolute Gasteiger partial charge is 0.324 e. The normalized spacial score (nSPS) is 17.7. The third kappa shape index (κ3) is 3.47. The van der Waals surface area contributed by atoms with E-state index in [1.165, 1.54) is 5.56 Å². The second kappa shape index (κ2) is 6.64. The Morgan fingerprint density at radius 1 is 1.36 bits per heavy atom. The topological polar surface area (TPSA) is 50.2 Å². The lowest BCUT2D eigenvalue weighted by Crippen LogP contribution is -2.33. The lowest BCUT2D eigenvalue weighted by Gasteiger charge is -2.16. The Labute approximate surface area is 130 Å². The second-order valence-electron chi connectivity index (χ2n) is 5.81. The van der Waals surface area contributed by atoms with Crippen LogP contribution in [0.25, 0.3) is 0 Å². The number of aryl methyl sites for hydroxylation is 1. The first-order valence-electron chi connectivity index (χ1n) is 7.87. The third-order valence-electron chi connectivity index (χ3n) is 4.15. The maximum absolute atomic E-state index is 12.3. The summed E-state index contributed by atoms with van der Waals surface area (Å²) in [6.07, 6.45) is 5.66. The zero-order chi connectivity index (χ0) is 15.4. The molecule has 0 unspecified atom stereocenters. The number of aromatic nitrogens is 2. The van der Waals surface area contributed by atoms with Crippen molar-refractivity contribution in [3.63, 3.8) is 0 Å². The molecular formula is C17H22N4O. The average molecular weight is 298 g/mol. The first kappa shape index (κ1) is 14.6. The van der Waals surface area contributed by atoms with Crippen LogP contribution in [0.5, 0.6) is 0 Å². The van der Waals surface area contributed by atoms with Crippen LogP contribution in [0.2, 0.25) is 0 Å². The molecule has 0 spiro atoms. The van der Waals surface area contributed by atoms with Gasteiger partial charge >= 0.3 is 6.03 Å². The van der Waals surface area contributed by atoms with E-state index in [-0.39, 0.29) is 6.03 Å². The number of rotatable bonds is 4. The first-order chi connectivity index (χ1) is 10.7. The zero-order valence-corrected chi connectivity index (χ0v) is 12.9. The number of amides is 2. The number of anilines is 1. The van der Waals surface area contributed by atoms with Crippen molar-refractivity contribution in [2.75, 3.05) is 18.4 Å². The molecule has 0 saturated carbocycles. The second-order valence-corrected chi connectivity index (χ2v) is 5.81. The molecule has 1 N–H and O–H groups in total. The number of benzene rings is 1. The number of hydrogen-bond acceptors (Lipinski definition) is 2. The third-order valence-corrected chi connectivity index (χ3v) is 4.15. The number of urea groups is 1. The summed E-state index contributed by atoms with van der Waals surface area (Å²) >= 11 is 0. The fourth-order valence-corrected chi connectivity index (χ4v) is 2.93. The van der Waals surface area contributed by atoms with Crippen LogP contribution in [0.4, 0.5) is 10.5 Å². The molecular weight excluding hydrogens is 276 g/mol. The van der Waals surface area contributed by atoms with Crippen LogP contribution >= 0.6 is 0 Å². The van der Waals surface area contributed by atoms with E-state index in [1.54, 1.807) is 10.9 Å². The zero-order valence-electron chi connectivity index (χ0n) is 12.9. The van der Waals surface area contributed by atoms with E-state index in [4.69, 9.17) is 0 Å². The lowest BCUT2D eigenvalue weighted by molar-refractivity contribution is 0.221. The predicted molar refractivity (Wildman–Crippen MR) is 86.7 cm³/mol. The first-order valence-corrected chi connectivity index (χ1v) is 7.87. The van der Waals surface area contributed by atoms with Gasteiger partial charge in [0.1, 0.15) is 0 Å². The Morgan fingerprint density at radius 3 is 2.91 bits per heavy atom. The van der Waals surface area contributed by atoms with Crippen LogP contribution in [-0.2, 0) is 13.0 Å². The van der Waals surface area contributed by atoms with Gasteiger partial charge in [-0.2, -0.15) is 5.10 Å². The predicted octanol–water partition coefficient (Wildman–Crippen LogP) is 3.00. The molecule has 2 amide bonds. The summed E-state index contributed by atoms with van der Waals surface area (Å²) in [6, 6.07) is 10.5. The molecule has 1 atom stereocenters. The average Bonchev–Trinajstić information content (AvgIpc) is 3.17. The van der Waals surface area contributed by atoms with E-state index in [2.05, 4.69) is 34.7 Å². The number of nitrogens with zero attached hydrogens (tertiary/aromatic N) is 3. The molecule has 5 heteroatoms. The van der Waals surface area contributed by atoms with Crippen LogP contribution in [0, 0.1) is 5.92 Å². The lowest BCUT2D eigenvalue weighted by atomic mass is 9.99. The molecule has 22 heavy (non-hydrogen) atoms. The van der Waals surface area contributed by atoms with Gasteiger partial charge in [0.2, 0.25) is 0 Å². The van der Waals surface area contributed by atoms with Crippen molar-refractivity contribution in [3.05, 3.63) is 48.3 Å². The van der Waals surface area contributed by atoms with E-state index in [0.29, 0.717) is 5.92 Å². The minimum absolute atomic E-state index is 0.0220. The molecule has 1 aliphatic heterocycles. The monoisotopic (exact) mass is 298 g/mol. The highest BCUT2D eigenvalue weighted by atomic mass is 16.2. The van der Waals surface area contributed by atoms with Gasteiger partial charge in [-0.3, -0.25) is 4.68 Å². The summed E-state index contributed by atoms with van der Waals surface area (Å²) in [5, 5.41) is 7.10. The highest BCUT2D eigenvalue weighted by molar-refractivity contribution is 5.89. The number of carbonyl (C=O) groups excluding carboxylic acids is 1. The maximum atomic E-state index is 12.3. The van der Waals surface area contributed by atoms with Crippen LogP contribution in [-0.4, -0.2) is 33.8 Å². The van der Waals surface area contributed by atoms with Crippen molar-refractivity contribution in [2.45, 2.75) is 26.3 Å². The molecule has 1 aromatic heterocycles. The molecule has 0 bridgehead atoms. The summed E-state index contributed by atoms with van der Waals surface area (Å²) in [5.74, 6) is 0.548. The molecule has 1 saturated heterocycles. The summed E-state index contributed by atoms with van der Waals surface area (Å²) in [4.78, 5) is 14.2. The molecule has 5 nitrogen and oxygen atoms in total. The van der Waals surface area contributed by atoms with Gasteiger partial charge < -0.3 is 10.2 Å². The molecule has 2 aromatic rings. The number of hydrogen-bond donors (Lipinski definition) is 1. The SMILES string of the molecule is CCn1cc(NC(=O)N2CC[C@@H](Cc3ccccc3)C2)cn1. The fourth-order valence-electron chi connectivity index (χ4n) is 2.93. The standard InChI is InChI=1S/C17H22N4O/c1-2-21-13-16(11-18-21)19-17(22)20-9-8-15(12-20)10-14-6-4-3-5-7-14/h3-7,11,13,15H,2,8-10,12H2,1H3,(H,19,22)/t15-/m0/s1. The minimum Gasteiger partial charge on any atom is -0.324 e. The van der Waals surface area contributed by atoms with Crippen molar-refractivity contribution in [2.24, 2.45) is 5.92 Å². The fraction of sp³-hybridized carbons (Fsp3) is 0.412. The quantitative estimate of drug-likeness (QED) is 0.943. The van der Waals surface area contributed by atoms with E-state index in [9.17, 15) is 4.79 Å². The van der Waals surface area contributed by atoms with Crippen LogP contribution in [0.3, 0.4) is 0 Å². The summed E-state index contributed by atoms with van der Waals surface area (Å²) in [6.45, 7) is 4.47. The van der Waals surface area contributed by atoms with Gasteiger partial charge in [0.15, 0.2) is 0 Å². The highest BCUT2D eigenvalue weighted by Crippen LogP contribution is 2.21. The van der Waals surface area contributed by atoms with Crippen LogP contribution in [0.15, 0.2) is 42.7 Å². The molecule has 116 valence electrons. The molecule has 3 rings (SSSR count). The van der Waals surface area contributed by atoms with Crippen molar-refractivity contribution in [1.29, 1.82) is 0 Å². The number of carbonyl (C=O) groups is 1. The van der Waals surface area contributed by atoms with E-state index >= 15 is 0 Å². The minimum atomic E-state index is -0.0220. The van der Waals surface area contributed by atoms with E-state index < -0.39 is 0 Å². The van der Waals surface area contributed by atoms with Gasteiger partial charge in [0, 0.05) is 25.8 Å². The van der Waals surface area contributed by atoms with Gasteiger partial charge in [0.25, 0.3) is 0 Å². The Hall–Kier alpha value is -2.30. The van der Waals surface area contributed by atoms with Crippen molar-refractivity contribution in [1.82, 2.24) is 14.7 Å². The van der Waals surface area contributed by atoms with Gasteiger partial charge in [-0.1, -0.05) is 30.3 Å². The van der Waals surface area contributed by atoms with Crippen molar-refractivity contribution in [3.8, 4) is 0 Å². The smallest absolute Gasteiger partial charge is 0.321 e. The molecule has 1 aliphatic rings. The Balaban J connectivity index is 1.52. The highest BCUT2D eigenvalue weighted by Gasteiger charge is 2.26. The molecule has 2 heterocycles. The maximum Gasteiger partial charge on any atom is 0.321 e. The van der Waals surface area contributed by atoms with Crippen molar-refractivity contribution < 1.29 is 4.79 Å².